The van der Waals surface area contributed by atoms with Crippen molar-refractivity contribution in [3.63, 3.8) is 0 Å². The molecule has 0 spiro atoms. The maximum Gasteiger partial charge on any atom is 0.504 e. The zero-order chi connectivity index (χ0) is 11.5. The molecule has 15 heavy (non-hydrogen) atoms. The second kappa shape index (κ2) is 4.23. The maximum atomic E-state index is 12.3. The first-order valence-electron chi connectivity index (χ1n) is 3.83. The van der Waals surface area contributed by atoms with Gasteiger partial charge in [0.05, 0.1) is 17.2 Å². The van der Waals surface area contributed by atoms with E-state index in [-0.39, 0.29) is 11.3 Å². The lowest BCUT2D eigenvalue weighted by Crippen LogP contribution is -2.07. The Morgan fingerprint density at radius 1 is 1.33 bits per heavy atom. The van der Waals surface area contributed by atoms with Crippen LogP contribution in [-0.2, 0) is 6.18 Å². The lowest BCUT2D eigenvalue weighted by Gasteiger charge is -2.09. The molecule has 3 nitrogen and oxygen atoms in total. The molecule has 0 aliphatic carbocycles. The number of nitrogens with zero attached hydrogens (tertiary/aromatic N) is 1. The standard InChI is InChI=1S/C8H5BF3NO2/c10-8(11,12)6-1-5(4-13)2-7(3-6)15-9-14/h1-3,9,14H. The predicted molar refractivity (Wildman–Crippen MR) is 46.2 cm³/mol. The average molecular weight is 215 g/mol. The molecule has 0 aromatic heterocycles. The highest BCUT2D eigenvalue weighted by Crippen LogP contribution is 2.32. The van der Waals surface area contributed by atoms with Crippen molar-refractivity contribution < 1.29 is 22.8 Å². The normalized spacial score (nSPS) is 10.6. The molecule has 0 saturated carbocycles. The molecule has 1 aromatic rings. The monoisotopic (exact) mass is 215 g/mol. The van der Waals surface area contributed by atoms with Gasteiger partial charge in [-0.15, -0.1) is 0 Å². The van der Waals surface area contributed by atoms with Crippen LogP contribution >= 0.6 is 0 Å². The molecule has 0 saturated heterocycles. The van der Waals surface area contributed by atoms with Gasteiger partial charge in [-0.05, 0) is 18.2 Å². The van der Waals surface area contributed by atoms with E-state index in [9.17, 15) is 13.2 Å². The summed E-state index contributed by atoms with van der Waals surface area (Å²) in [6, 6.07) is 4.12. The minimum Gasteiger partial charge on any atom is -0.539 e. The summed E-state index contributed by atoms with van der Waals surface area (Å²) < 4.78 is 41.4. The third-order valence-electron chi connectivity index (χ3n) is 1.59. The van der Waals surface area contributed by atoms with Crippen LogP contribution < -0.4 is 4.65 Å². The minimum atomic E-state index is -4.54. The van der Waals surface area contributed by atoms with Gasteiger partial charge in [0, 0.05) is 0 Å². The topological polar surface area (TPSA) is 53.2 Å². The summed E-state index contributed by atoms with van der Waals surface area (Å²) in [6.07, 6.45) is -4.54. The van der Waals surface area contributed by atoms with Crippen molar-refractivity contribution in [2.45, 2.75) is 6.18 Å². The highest BCUT2D eigenvalue weighted by atomic mass is 19.4. The van der Waals surface area contributed by atoms with E-state index in [2.05, 4.69) is 4.65 Å². The fourth-order valence-corrected chi connectivity index (χ4v) is 0.985. The van der Waals surface area contributed by atoms with Gasteiger partial charge in [-0.25, -0.2) is 0 Å². The molecule has 0 bridgehead atoms. The molecule has 1 aromatic carbocycles. The highest BCUT2D eigenvalue weighted by molar-refractivity contribution is 6.17. The zero-order valence-electron chi connectivity index (χ0n) is 7.38. The van der Waals surface area contributed by atoms with E-state index in [0.29, 0.717) is 6.07 Å². The van der Waals surface area contributed by atoms with Gasteiger partial charge >= 0.3 is 13.9 Å². The maximum absolute atomic E-state index is 12.3. The Hall–Kier alpha value is -1.68. The molecule has 0 unspecified atom stereocenters. The van der Waals surface area contributed by atoms with Crippen molar-refractivity contribution in [3.8, 4) is 11.8 Å². The molecule has 1 N–H and O–H groups in total. The molecule has 78 valence electrons. The van der Waals surface area contributed by atoms with E-state index < -0.39 is 19.4 Å². The average Bonchev–Trinajstić information content (AvgIpc) is 2.16. The largest absolute Gasteiger partial charge is 0.539 e. The van der Waals surface area contributed by atoms with Crippen LogP contribution in [0.5, 0.6) is 5.75 Å². The van der Waals surface area contributed by atoms with E-state index in [1.54, 1.807) is 6.07 Å². The number of alkyl halides is 3. The van der Waals surface area contributed by atoms with Crippen LogP contribution in [-0.4, -0.2) is 12.7 Å². The summed E-state index contributed by atoms with van der Waals surface area (Å²) in [7, 11) is -0.744. The van der Waals surface area contributed by atoms with Gasteiger partial charge in [-0.2, -0.15) is 18.4 Å². The van der Waals surface area contributed by atoms with Gasteiger partial charge in [0.25, 0.3) is 0 Å². The zero-order valence-corrected chi connectivity index (χ0v) is 7.38. The second-order valence-electron chi connectivity index (χ2n) is 2.63. The summed E-state index contributed by atoms with van der Waals surface area (Å²) in [5.74, 6) is -0.191. The first kappa shape index (κ1) is 11.4. The Bertz CT molecular complexity index is 400. The fourth-order valence-electron chi connectivity index (χ4n) is 0.985. The number of rotatable bonds is 2. The van der Waals surface area contributed by atoms with Crippen LogP contribution in [0.2, 0.25) is 0 Å². The van der Waals surface area contributed by atoms with Crippen molar-refractivity contribution in [1.82, 2.24) is 0 Å². The summed E-state index contributed by atoms with van der Waals surface area (Å²) in [5, 5.41) is 16.9. The number of benzene rings is 1. The summed E-state index contributed by atoms with van der Waals surface area (Å²) >= 11 is 0. The molecular formula is C8H5BF3NO2. The Labute approximate surface area is 84.0 Å². The van der Waals surface area contributed by atoms with Crippen molar-refractivity contribution in [1.29, 1.82) is 5.26 Å². The Kier molecular flexibility index (Phi) is 3.22. The summed E-state index contributed by atoms with van der Waals surface area (Å²) in [4.78, 5) is 0. The van der Waals surface area contributed by atoms with E-state index >= 15 is 0 Å². The highest BCUT2D eigenvalue weighted by Gasteiger charge is 2.31. The lowest BCUT2D eigenvalue weighted by molar-refractivity contribution is -0.137. The number of hydrogen-bond acceptors (Lipinski definition) is 3. The fraction of sp³-hybridized carbons (Fsp3) is 0.125. The molecule has 7 heteroatoms. The third-order valence-corrected chi connectivity index (χ3v) is 1.59. The van der Waals surface area contributed by atoms with Crippen LogP contribution in [0.15, 0.2) is 18.2 Å². The molecule has 0 amide bonds. The van der Waals surface area contributed by atoms with Crippen LogP contribution in [0.4, 0.5) is 13.2 Å². The van der Waals surface area contributed by atoms with Gasteiger partial charge in [0.15, 0.2) is 0 Å². The van der Waals surface area contributed by atoms with E-state index in [4.69, 9.17) is 10.3 Å². The van der Waals surface area contributed by atoms with Crippen LogP contribution in [0, 0.1) is 11.3 Å². The molecule has 1 rings (SSSR count). The van der Waals surface area contributed by atoms with E-state index in [1.165, 1.54) is 0 Å². The minimum absolute atomic E-state index is 0.173. The van der Waals surface area contributed by atoms with Crippen LogP contribution in [0.3, 0.4) is 0 Å². The quantitative estimate of drug-likeness (QED) is 0.754. The number of hydrogen-bond donors (Lipinski definition) is 1. The van der Waals surface area contributed by atoms with Crippen molar-refractivity contribution in [2.75, 3.05) is 0 Å². The number of halogens is 3. The Balaban J connectivity index is 3.19. The van der Waals surface area contributed by atoms with Crippen molar-refractivity contribution >= 4 is 7.69 Å². The van der Waals surface area contributed by atoms with Crippen molar-refractivity contribution in [3.05, 3.63) is 29.3 Å². The van der Waals surface area contributed by atoms with Gasteiger partial charge in [0.2, 0.25) is 0 Å². The first-order chi connectivity index (χ1) is 6.97. The summed E-state index contributed by atoms with van der Waals surface area (Å²) in [6.45, 7) is 0. The van der Waals surface area contributed by atoms with E-state index in [1.807, 2.05) is 0 Å². The molecule has 0 heterocycles. The molecule has 0 aliphatic heterocycles. The Morgan fingerprint density at radius 2 is 2.00 bits per heavy atom. The van der Waals surface area contributed by atoms with Gasteiger partial charge in [0.1, 0.15) is 5.75 Å². The SMILES string of the molecule is N#Cc1cc(OBO)cc(C(F)(F)F)c1. The van der Waals surface area contributed by atoms with Gasteiger partial charge in [-0.3, -0.25) is 0 Å². The first-order valence-corrected chi connectivity index (χ1v) is 3.83. The van der Waals surface area contributed by atoms with Crippen LogP contribution in [0.25, 0.3) is 0 Å². The molecule has 0 aliphatic rings. The van der Waals surface area contributed by atoms with Crippen molar-refractivity contribution in [2.24, 2.45) is 0 Å². The number of nitriles is 1. The Morgan fingerprint density at radius 3 is 2.47 bits per heavy atom. The second-order valence-corrected chi connectivity index (χ2v) is 2.63. The molecular weight excluding hydrogens is 210 g/mol. The molecule has 0 radical (unpaired) electrons. The van der Waals surface area contributed by atoms with Gasteiger partial charge in [-0.1, -0.05) is 0 Å². The predicted octanol–water partition coefficient (Wildman–Crippen LogP) is 1.21. The summed E-state index contributed by atoms with van der Waals surface area (Å²) in [5.41, 5.74) is -1.15. The third kappa shape index (κ3) is 2.89. The van der Waals surface area contributed by atoms with Gasteiger partial charge < -0.3 is 9.68 Å². The lowest BCUT2D eigenvalue weighted by atomic mass is 10.1. The van der Waals surface area contributed by atoms with E-state index in [0.717, 1.165) is 12.1 Å². The molecule has 0 fully saturated rings. The molecule has 0 atom stereocenters. The smallest absolute Gasteiger partial charge is 0.504 e. The van der Waals surface area contributed by atoms with Crippen LogP contribution in [0.1, 0.15) is 11.1 Å².